The molecule has 3 aromatic carbocycles. The number of benzene rings is 3. The molecule has 2 amide bonds. The zero-order valence-electron chi connectivity index (χ0n) is 18.8. The molecule has 1 aliphatic rings. The Hall–Kier alpha value is -4.06. The van der Waals surface area contributed by atoms with Crippen LogP contribution in [0.1, 0.15) is 29.0 Å². The molecule has 0 radical (unpaired) electrons. The first-order valence-electron chi connectivity index (χ1n) is 11.5. The molecule has 1 unspecified atom stereocenters. The van der Waals surface area contributed by atoms with Crippen LogP contribution in [-0.4, -0.2) is 29.8 Å². The van der Waals surface area contributed by atoms with E-state index in [0.717, 1.165) is 35.2 Å². The molecule has 5 rings (SSSR count). The second-order valence-corrected chi connectivity index (χ2v) is 8.45. The number of fused-ring (bicyclic) bond motifs is 1. The summed E-state index contributed by atoms with van der Waals surface area (Å²) in [5, 5.41) is 3.82. The number of hydrogen-bond acceptors (Lipinski definition) is 4. The highest BCUT2D eigenvalue weighted by Gasteiger charge is 2.32. The maximum atomic E-state index is 13.6. The smallest absolute Gasteiger partial charge is 0.290 e. The summed E-state index contributed by atoms with van der Waals surface area (Å²) < 4.78 is 12.0. The third kappa shape index (κ3) is 4.66. The molecule has 172 valence electrons. The minimum Gasteiger partial charge on any atom is -0.489 e. The highest BCUT2D eigenvalue weighted by Crippen LogP contribution is 2.30. The summed E-state index contributed by atoms with van der Waals surface area (Å²) in [5.41, 5.74) is 2.13. The Morgan fingerprint density at radius 2 is 1.65 bits per heavy atom. The normalized spacial score (nSPS) is 15.8. The van der Waals surface area contributed by atoms with Crippen LogP contribution in [0, 0.1) is 5.92 Å². The zero-order valence-corrected chi connectivity index (χ0v) is 18.8. The standard InChI is InChI=1S/C28H26N2O4/c31-27(29-21-11-3-1-4-12-21)20-10-9-17-30(18-20)28(32)26-24(19-33-22-13-5-2-6-14-22)23-15-7-8-16-25(23)34-26/h1-8,11-16,20H,9-10,17-19H2,(H,29,31). The average molecular weight is 455 g/mol. The predicted molar refractivity (Wildman–Crippen MR) is 131 cm³/mol. The molecule has 1 saturated heterocycles. The molecule has 0 spiro atoms. The van der Waals surface area contributed by atoms with Gasteiger partial charge in [-0.15, -0.1) is 0 Å². The number of amides is 2. The summed E-state index contributed by atoms with van der Waals surface area (Å²) in [4.78, 5) is 28.1. The number of hydrogen-bond donors (Lipinski definition) is 1. The van der Waals surface area contributed by atoms with Gasteiger partial charge < -0.3 is 19.4 Å². The van der Waals surface area contributed by atoms with Crippen LogP contribution in [0.2, 0.25) is 0 Å². The molecule has 1 fully saturated rings. The number of nitrogens with zero attached hydrogens (tertiary/aromatic N) is 1. The van der Waals surface area contributed by atoms with E-state index in [1.54, 1.807) is 4.90 Å². The number of piperidine rings is 1. The lowest BCUT2D eigenvalue weighted by atomic mass is 9.96. The van der Waals surface area contributed by atoms with E-state index in [0.29, 0.717) is 18.7 Å². The van der Waals surface area contributed by atoms with Gasteiger partial charge in [-0.2, -0.15) is 0 Å². The zero-order chi connectivity index (χ0) is 23.3. The number of ether oxygens (including phenoxy) is 1. The van der Waals surface area contributed by atoms with Gasteiger partial charge >= 0.3 is 0 Å². The van der Waals surface area contributed by atoms with Crippen LogP contribution in [0.4, 0.5) is 5.69 Å². The summed E-state index contributed by atoms with van der Waals surface area (Å²) in [6.45, 7) is 1.16. The van der Waals surface area contributed by atoms with Crippen molar-refractivity contribution in [2.24, 2.45) is 5.92 Å². The van der Waals surface area contributed by atoms with Crippen LogP contribution in [0.5, 0.6) is 5.75 Å². The first kappa shape index (κ1) is 21.8. The first-order valence-corrected chi connectivity index (χ1v) is 11.5. The molecule has 6 nitrogen and oxygen atoms in total. The second-order valence-electron chi connectivity index (χ2n) is 8.45. The lowest BCUT2D eigenvalue weighted by Gasteiger charge is -2.31. The van der Waals surface area contributed by atoms with E-state index < -0.39 is 0 Å². The molecule has 1 atom stereocenters. The number of anilines is 1. The van der Waals surface area contributed by atoms with Crippen LogP contribution in [0.25, 0.3) is 11.0 Å². The molecular formula is C28H26N2O4. The summed E-state index contributed by atoms with van der Waals surface area (Å²) in [6.07, 6.45) is 1.50. The van der Waals surface area contributed by atoms with Gasteiger partial charge in [0.1, 0.15) is 17.9 Å². The van der Waals surface area contributed by atoms with Crippen molar-refractivity contribution < 1.29 is 18.7 Å². The number of para-hydroxylation sites is 3. The van der Waals surface area contributed by atoms with Crippen LogP contribution in [0.15, 0.2) is 89.3 Å². The molecule has 0 saturated carbocycles. The van der Waals surface area contributed by atoms with Crippen molar-refractivity contribution in [1.29, 1.82) is 0 Å². The summed E-state index contributed by atoms with van der Waals surface area (Å²) in [7, 11) is 0. The van der Waals surface area contributed by atoms with E-state index in [1.165, 1.54) is 0 Å². The predicted octanol–water partition coefficient (Wildman–Crippen LogP) is 5.50. The number of furan rings is 1. The van der Waals surface area contributed by atoms with E-state index >= 15 is 0 Å². The Bertz CT molecular complexity index is 1280. The molecule has 1 aromatic heterocycles. The lowest BCUT2D eigenvalue weighted by molar-refractivity contribution is -0.121. The first-order chi connectivity index (χ1) is 16.7. The van der Waals surface area contributed by atoms with Gasteiger partial charge in [-0.25, -0.2) is 0 Å². The van der Waals surface area contributed by atoms with Crippen molar-refractivity contribution in [3.05, 3.63) is 96.3 Å². The Morgan fingerprint density at radius 1 is 0.941 bits per heavy atom. The fraction of sp³-hybridized carbons (Fsp3) is 0.214. The van der Waals surface area contributed by atoms with E-state index in [-0.39, 0.29) is 30.1 Å². The molecule has 4 aromatic rings. The van der Waals surface area contributed by atoms with Gasteiger partial charge in [0.25, 0.3) is 5.91 Å². The number of carbonyl (C=O) groups is 2. The summed E-state index contributed by atoms with van der Waals surface area (Å²) in [5.74, 6) is 0.454. The Kier molecular flexibility index (Phi) is 6.29. The minimum absolute atomic E-state index is 0.0686. The fourth-order valence-corrected chi connectivity index (χ4v) is 4.37. The third-order valence-corrected chi connectivity index (χ3v) is 6.14. The number of nitrogens with one attached hydrogen (secondary N) is 1. The van der Waals surface area contributed by atoms with E-state index in [1.807, 2.05) is 84.9 Å². The monoisotopic (exact) mass is 454 g/mol. The topological polar surface area (TPSA) is 71.8 Å². The number of likely N-dealkylation sites (tertiary alicyclic amines) is 1. The highest BCUT2D eigenvalue weighted by molar-refractivity contribution is 6.00. The van der Waals surface area contributed by atoms with Crippen molar-refractivity contribution in [3.63, 3.8) is 0 Å². The Balaban J connectivity index is 1.35. The lowest BCUT2D eigenvalue weighted by Crippen LogP contribution is -2.44. The van der Waals surface area contributed by atoms with Crippen LogP contribution in [-0.2, 0) is 11.4 Å². The van der Waals surface area contributed by atoms with Crippen molar-refractivity contribution in [2.75, 3.05) is 18.4 Å². The van der Waals surface area contributed by atoms with Crippen molar-refractivity contribution in [2.45, 2.75) is 19.4 Å². The van der Waals surface area contributed by atoms with Gasteiger partial charge in [0.15, 0.2) is 5.76 Å². The van der Waals surface area contributed by atoms with Gasteiger partial charge in [0.2, 0.25) is 5.91 Å². The largest absolute Gasteiger partial charge is 0.489 e. The van der Waals surface area contributed by atoms with Gasteiger partial charge in [0.05, 0.1) is 5.92 Å². The van der Waals surface area contributed by atoms with Gasteiger partial charge in [-0.05, 0) is 43.2 Å². The van der Waals surface area contributed by atoms with Gasteiger partial charge in [-0.3, -0.25) is 9.59 Å². The second kappa shape index (κ2) is 9.83. The molecule has 1 N–H and O–H groups in total. The molecular weight excluding hydrogens is 428 g/mol. The van der Waals surface area contributed by atoms with Gasteiger partial charge in [-0.1, -0.05) is 54.6 Å². The van der Waals surface area contributed by atoms with Crippen LogP contribution >= 0.6 is 0 Å². The molecule has 2 heterocycles. The number of rotatable bonds is 6. The quantitative estimate of drug-likeness (QED) is 0.417. The molecule has 0 aliphatic carbocycles. The molecule has 34 heavy (non-hydrogen) atoms. The van der Waals surface area contributed by atoms with Crippen molar-refractivity contribution in [1.82, 2.24) is 4.90 Å². The van der Waals surface area contributed by atoms with E-state index in [9.17, 15) is 9.59 Å². The van der Waals surface area contributed by atoms with Crippen molar-refractivity contribution >= 4 is 28.5 Å². The van der Waals surface area contributed by atoms with Crippen LogP contribution < -0.4 is 10.1 Å². The summed E-state index contributed by atoms with van der Waals surface area (Å²) >= 11 is 0. The SMILES string of the molecule is O=C(Nc1ccccc1)C1CCCN(C(=O)c2oc3ccccc3c2COc2ccccc2)C1. The summed E-state index contributed by atoms with van der Waals surface area (Å²) in [6, 6.07) is 26.5. The number of carbonyl (C=O) groups excluding carboxylic acids is 2. The Labute approximate surface area is 198 Å². The average Bonchev–Trinajstić information content (AvgIpc) is 3.27. The van der Waals surface area contributed by atoms with Crippen LogP contribution in [0.3, 0.4) is 0 Å². The third-order valence-electron chi connectivity index (χ3n) is 6.14. The van der Waals surface area contributed by atoms with E-state index in [4.69, 9.17) is 9.15 Å². The Morgan fingerprint density at radius 3 is 2.44 bits per heavy atom. The maximum Gasteiger partial charge on any atom is 0.290 e. The maximum absolute atomic E-state index is 13.6. The van der Waals surface area contributed by atoms with E-state index in [2.05, 4.69) is 5.32 Å². The highest BCUT2D eigenvalue weighted by atomic mass is 16.5. The molecule has 6 heteroatoms. The molecule has 1 aliphatic heterocycles. The van der Waals surface area contributed by atoms with Crippen molar-refractivity contribution in [3.8, 4) is 5.75 Å². The minimum atomic E-state index is -0.272. The fourth-order valence-electron chi connectivity index (χ4n) is 4.37. The van der Waals surface area contributed by atoms with Gasteiger partial charge in [0, 0.05) is 29.7 Å². The molecule has 0 bridgehead atoms.